The van der Waals surface area contributed by atoms with E-state index in [-0.39, 0.29) is 23.9 Å². The number of hydrogen-bond acceptors (Lipinski definition) is 6. The Balaban J connectivity index is 0.000000437. The molecule has 34 heavy (non-hydrogen) atoms. The number of carboxylic acids is 1. The van der Waals surface area contributed by atoms with Gasteiger partial charge in [-0.3, -0.25) is 14.5 Å². The van der Waals surface area contributed by atoms with Gasteiger partial charge in [-0.1, -0.05) is 57.0 Å². The topological polar surface area (TPSA) is 99.2 Å². The van der Waals surface area contributed by atoms with Crippen LogP contribution in [0.2, 0.25) is 0 Å². The third-order valence-electron chi connectivity index (χ3n) is 6.32. The van der Waals surface area contributed by atoms with Crippen molar-refractivity contribution in [1.29, 1.82) is 0 Å². The van der Waals surface area contributed by atoms with Crippen LogP contribution < -0.4 is 5.32 Å². The fraction of sp³-hybridized carbons (Fsp3) is 0.654. The van der Waals surface area contributed by atoms with Crippen LogP contribution in [0.3, 0.4) is 0 Å². The van der Waals surface area contributed by atoms with Crippen molar-refractivity contribution in [3.63, 3.8) is 0 Å². The first kappa shape index (κ1) is 29.6. The maximum absolute atomic E-state index is 12.1. The minimum Gasteiger partial charge on any atom is -0.481 e. The van der Waals surface area contributed by atoms with Crippen LogP contribution in [-0.4, -0.2) is 78.6 Å². The Morgan fingerprint density at radius 1 is 1.06 bits per heavy atom. The first-order valence-electron chi connectivity index (χ1n) is 12.3. The van der Waals surface area contributed by atoms with Gasteiger partial charge >= 0.3 is 12.1 Å². The first-order valence-corrected chi connectivity index (χ1v) is 12.3. The molecule has 2 aliphatic rings. The number of ketones is 1. The molecule has 1 saturated carbocycles. The number of rotatable bonds is 7. The average molecular weight is 478 g/mol. The van der Waals surface area contributed by atoms with Crippen molar-refractivity contribution in [3.05, 3.63) is 35.9 Å². The highest BCUT2D eigenvalue weighted by atomic mass is 16.6. The Hall–Kier alpha value is -2.45. The van der Waals surface area contributed by atoms with Crippen LogP contribution >= 0.6 is 0 Å². The molecule has 1 aliphatic heterocycles. The van der Waals surface area contributed by atoms with E-state index in [4.69, 9.17) is 9.84 Å². The fourth-order valence-electron chi connectivity index (χ4n) is 3.95. The molecular weight excluding hydrogens is 434 g/mol. The second-order valence-corrected chi connectivity index (χ2v) is 8.85. The van der Waals surface area contributed by atoms with Gasteiger partial charge in [-0.05, 0) is 39.3 Å². The number of piperazine rings is 1. The minimum absolute atomic E-state index is 0.0343. The van der Waals surface area contributed by atoms with Crippen molar-refractivity contribution in [1.82, 2.24) is 15.1 Å². The maximum Gasteiger partial charge on any atom is 0.409 e. The Bertz CT molecular complexity index is 742. The van der Waals surface area contributed by atoms with Crippen LogP contribution in [0.4, 0.5) is 4.79 Å². The Morgan fingerprint density at radius 2 is 1.62 bits per heavy atom. The molecule has 1 aromatic carbocycles. The molecule has 3 rings (SSSR count). The molecule has 2 fully saturated rings. The highest BCUT2D eigenvalue weighted by molar-refractivity contribution is 5.82. The highest BCUT2D eigenvalue weighted by Crippen LogP contribution is 2.37. The molecule has 8 nitrogen and oxygen atoms in total. The molecule has 1 atom stereocenters. The van der Waals surface area contributed by atoms with Gasteiger partial charge in [-0.15, -0.1) is 0 Å². The summed E-state index contributed by atoms with van der Waals surface area (Å²) in [5.41, 5.74) is 0.891. The van der Waals surface area contributed by atoms with E-state index in [9.17, 15) is 14.4 Å². The summed E-state index contributed by atoms with van der Waals surface area (Å²) in [5, 5.41) is 11.5. The van der Waals surface area contributed by atoms with Crippen LogP contribution in [0, 0.1) is 5.41 Å². The largest absolute Gasteiger partial charge is 0.481 e. The van der Waals surface area contributed by atoms with Crippen molar-refractivity contribution in [3.8, 4) is 0 Å². The van der Waals surface area contributed by atoms with E-state index in [1.54, 1.807) is 11.9 Å². The smallest absolute Gasteiger partial charge is 0.409 e. The van der Waals surface area contributed by atoms with Crippen LogP contribution in [0.1, 0.15) is 58.9 Å². The van der Waals surface area contributed by atoms with Crippen molar-refractivity contribution < 1.29 is 24.2 Å². The van der Waals surface area contributed by atoms with E-state index in [1.165, 1.54) is 12.5 Å². The Morgan fingerprint density at radius 3 is 2.06 bits per heavy atom. The number of hydrogen-bond donors (Lipinski definition) is 2. The molecule has 0 spiro atoms. The molecule has 1 unspecified atom stereocenters. The number of carboxylic acid groups (broad SMARTS) is 1. The molecule has 192 valence electrons. The lowest BCUT2D eigenvalue weighted by atomic mass is 9.89. The quantitative estimate of drug-likeness (QED) is 0.616. The summed E-state index contributed by atoms with van der Waals surface area (Å²) < 4.78 is 5.23. The molecule has 1 aromatic rings. The zero-order chi connectivity index (χ0) is 25.6. The van der Waals surface area contributed by atoms with Gasteiger partial charge in [0.15, 0.2) is 0 Å². The number of Topliss-reactive ketones (excluding diaryl/α,β-unsaturated/α-hetero) is 1. The fourth-order valence-corrected chi connectivity index (χ4v) is 3.95. The van der Waals surface area contributed by atoms with Crippen molar-refractivity contribution in [2.24, 2.45) is 5.41 Å². The molecule has 0 bridgehead atoms. The number of nitrogens with one attached hydrogen (secondary N) is 1. The average Bonchev–Trinajstić information content (AvgIpc) is 3.30. The zero-order valence-electron chi connectivity index (χ0n) is 21.5. The van der Waals surface area contributed by atoms with Gasteiger partial charge in [0, 0.05) is 32.7 Å². The molecule has 1 amide bonds. The van der Waals surface area contributed by atoms with E-state index in [1.807, 2.05) is 39.0 Å². The number of ether oxygens (including phenoxy) is 1. The summed E-state index contributed by atoms with van der Waals surface area (Å²) in [7, 11) is 1.68. The second-order valence-electron chi connectivity index (χ2n) is 8.85. The van der Waals surface area contributed by atoms with Gasteiger partial charge in [0.1, 0.15) is 18.4 Å². The van der Waals surface area contributed by atoms with Gasteiger partial charge in [0.2, 0.25) is 0 Å². The highest BCUT2D eigenvalue weighted by Gasteiger charge is 2.35. The number of carbonyl (C=O) groups excluding carboxylic acids is 2. The third-order valence-corrected chi connectivity index (χ3v) is 6.32. The summed E-state index contributed by atoms with van der Waals surface area (Å²) in [6.07, 6.45) is 3.56. The maximum atomic E-state index is 12.1. The van der Waals surface area contributed by atoms with Gasteiger partial charge in [-0.2, -0.15) is 0 Å². The number of nitrogens with zero attached hydrogens (tertiary/aromatic N) is 2. The van der Waals surface area contributed by atoms with E-state index < -0.39 is 12.0 Å². The lowest BCUT2D eigenvalue weighted by molar-refractivity contribution is -0.147. The van der Waals surface area contributed by atoms with Crippen LogP contribution in [0.5, 0.6) is 0 Å². The Labute approximate surface area is 204 Å². The summed E-state index contributed by atoms with van der Waals surface area (Å²) in [5.74, 6) is -0.659. The minimum atomic E-state index is -0.625. The van der Waals surface area contributed by atoms with Crippen molar-refractivity contribution in [2.45, 2.75) is 66.0 Å². The second kappa shape index (κ2) is 15.5. The monoisotopic (exact) mass is 477 g/mol. The molecule has 0 radical (unpaired) electrons. The van der Waals surface area contributed by atoms with Crippen LogP contribution in [0.15, 0.2) is 30.3 Å². The van der Waals surface area contributed by atoms with Crippen LogP contribution in [-0.2, 0) is 20.9 Å². The number of amides is 1. The first-order chi connectivity index (χ1) is 16.2. The summed E-state index contributed by atoms with van der Waals surface area (Å²) in [4.78, 5) is 37.9. The molecule has 0 aromatic heterocycles. The summed E-state index contributed by atoms with van der Waals surface area (Å²) >= 11 is 0. The van der Waals surface area contributed by atoms with E-state index in [2.05, 4.69) is 22.3 Å². The summed E-state index contributed by atoms with van der Waals surface area (Å²) in [6, 6.07) is 9.88. The van der Waals surface area contributed by atoms with Crippen molar-refractivity contribution in [2.75, 3.05) is 39.8 Å². The zero-order valence-corrected chi connectivity index (χ0v) is 21.5. The molecule has 1 heterocycles. The van der Waals surface area contributed by atoms with Gasteiger partial charge < -0.3 is 20.1 Å². The lowest BCUT2D eigenvalue weighted by Crippen LogP contribution is -2.49. The van der Waals surface area contributed by atoms with Crippen molar-refractivity contribution >= 4 is 17.8 Å². The molecule has 2 N–H and O–H groups in total. The predicted molar refractivity (Wildman–Crippen MR) is 134 cm³/mol. The van der Waals surface area contributed by atoms with E-state index >= 15 is 0 Å². The normalized spacial score (nSPS) is 18.0. The molecule has 8 heteroatoms. The number of likely N-dealkylation sites (N-methyl/N-ethyl adjacent to an activating group) is 1. The third kappa shape index (κ3) is 9.81. The molecule has 1 saturated heterocycles. The predicted octanol–water partition coefficient (Wildman–Crippen LogP) is 3.80. The number of benzene rings is 1. The molecule has 1 aliphatic carbocycles. The number of aliphatic carboxylic acids is 1. The van der Waals surface area contributed by atoms with E-state index in [0.29, 0.717) is 13.1 Å². The SMILES string of the molecule is CC.CC1(C(=O)O)CCCC1.CNC(COC(=O)N1CCN(Cc2ccccc2)CC1)C(C)=O. The molecular formula is C26H43N3O5. The lowest BCUT2D eigenvalue weighted by Gasteiger charge is -2.34. The van der Waals surface area contributed by atoms with E-state index in [0.717, 1.165) is 45.3 Å². The summed E-state index contributed by atoms with van der Waals surface area (Å²) in [6.45, 7) is 11.2. The number of carbonyl (C=O) groups is 3. The van der Waals surface area contributed by atoms with Gasteiger partial charge in [-0.25, -0.2) is 4.79 Å². The van der Waals surface area contributed by atoms with Gasteiger partial charge in [0.25, 0.3) is 0 Å². The van der Waals surface area contributed by atoms with Crippen LogP contribution in [0.25, 0.3) is 0 Å². The standard InChI is InChI=1S/C17H25N3O3.C7H12O2.C2H6/c1-14(21)16(18-2)13-23-17(22)20-10-8-19(9-11-20)12-15-6-4-3-5-7-15;1-7(6(8)9)4-2-3-5-7;1-2/h3-7,16,18H,8-13H2,1-2H3;2-5H2,1H3,(H,8,9);1-2H3. The van der Waals surface area contributed by atoms with Gasteiger partial charge in [0.05, 0.1) is 5.41 Å². The Kier molecular flexibility index (Phi) is 13.4.